The molecule has 0 aliphatic carbocycles. The number of ether oxygens (including phenoxy) is 1. The van der Waals surface area contributed by atoms with Crippen molar-refractivity contribution in [2.45, 2.75) is 25.9 Å². The van der Waals surface area contributed by atoms with Gasteiger partial charge in [-0.3, -0.25) is 4.98 Å². The summed E-state index contributed by atoms with van der Waals surface area (Å²) >= 11 is 0. The number of nitrogens with one attached hydrogen (secondary N) is 1. The molecule has 1 fully saturated rings. The maximum Gasteiger partial charge on any atom is 0.0750 e. The number of piperidine rings is 1. The van der Waals surface area contributed by atoms with Crippen molar-refractivity contribution in [3.05, 3.63) is 18.5 Å². The maximum atomic E-state index is 5.71. The van der Waals surface area contributed by atoms with E-state index in [1.807, 2.05) is 19.4 Å². The van der Waals surface area contributed by atoms with Gasteiger partial charge in [0.05, 0.1) is 29.9 Å². The predicted octanol–water partition coefficient (Wildman–Crippen LogP) is 2.13. The molecule has 4 heteroatoms. The molecule has 1 aliphatic rings. The van der Waals surface area contributed by atoms with Crippen molar-refractivity contribution in [1.29, 1.82) is 0 Å². The van der Waals surface area contributed by atoms with Crippen molar-refractivity contribution >= 4 is 11.4 Å². The number of hydrogen-bond donors (Lipinski definition) is 1. The molecule has 0 radical (unpaired) electrons. The Balaban J connectivity index is 2.05. The second-order valence-electron chi connectivity index (χ2n) is 4.35. The molecule has 1 unspecified atom stereocenters. The lowest BCUT2D eigenvalue weighted by Crippen LogP contribution is -2.39. The van der Waals surface area contributed by atoms with Gasteiger partial charge in [0.2, 0.25) is 0 Å². The van der Waals surface area contributed by atoms with E-state index in [0.29, 0.717) is 6.10 Å². The zero-order valence-corrected chi connectivity index (χ0v) is 10.6. The lowest BCUT2D eigenvalue weighted by Gasteiger charge is -2.34. The van der Waals surface area contributed by atoms with Gasteiger partial charge in [-0.2, -0.15) is 0 Å². The summed E-state index contributed by atoms with van der Waals surface area (Å²) in [7, 11) is 1.92. The van der Waals surface area contributed by atoms with Crippen LogP contribution in [0.5, 0.6) is 0 Å². The van der Waals surface area contributed by atoms with Gasteiger partial charge in [-0.05, 0) is 25.8 Å². The van der Waals surface area contributed by atoms with E-state index in [4.69, 9.17) is 4.74 Å². The van der Waals surface area contributed by atoms with Crippen LogP contribution in [0.3, 0.4) is 0 Å². The monoisotopic (exact) mass is 235 g/mol. The zero-order valence-electron chi connectivity index (χ0n) is 10.6. The van der Waals surface area contributed by atoms with E-state index < -0.39 is 0 Å². The summed E-state index contributed by atoms with van der Waals surface area (Å²) in [5.74, 6) is 0. The van der Waals surface area contributed by atoms with E-state index in [1.165, 1.54) is 18.5 Å². The average molecular weight is 235 g/mol. The molecular formula is C13H21N3O. The number of hydrogen-bond acceptors (Lipinski definition) is 4. The number of aromatic nitrogens is 1. The highest BCUT2D eigenvalue weighted by atomic mass is 16.5. The molecule has 0 spiro atoms. The van der Waals surface area contributed by atoms with E-state index in [9.17, 15) is 0 Å². The Labute approximate surface area is 103 Å². The highest BCUT2D eigenvalue weighted by molar-refractivity contribution is 5.55. The summed E-state index contributed by atoms with van der Waals surface area (Å²) in [4.78, 5) is 6.62. The van der Waals surface area contributed by atoms with Gasteiger partial charge < -0.3 is 15.0 Å². The molecule has 94 valence electrons. The van der Waals surface area contributed by atoms with Gasteiger partial charge in [0.1, 0.15) is 0 Å². The molecule has 1 aliphatic heterocycles. The van der Waals surface area contributed by atoms with Crippen molar-refractivity contribution in [2.24, 2.45) is 0 Å². The van der Waals surface area contributed by atoms with Crippen LogP contribution in [0.15, 0.2) is 18.5 Å². The Morgan fingerprint density at radius 2 is 2.41 bits per heavy atom. The van der Waals surface area contributed by atoms with E-state index in [2.05, 4.69) is 28.2 Å². The molecular weight excluding hydrogens is 214 g/mol. The normalized spacial score (nSPS) is 20.4. The van der Waals surface area contributed by atoms with E-state index in [0.717, 1.165) is 25.4 Å². The Morgan fingerprint density at radius 1 is 1.53 bits per heavy atom. The molecule has 0 aromatic carbocycles. The minimum absolute atomic E-state index is 0.368. The third kappa shape index (κ3) is 3.09. The van der Waals surface area contributed by atoms with Crippen molar-refractivity contribution in [3.8, 4) is 0 Å². The molecule has 0 bridgehead atoms. The van der Waals surface area contributed by atoms with E-state index >= 15 is 0 Å². The van der Waals surface area contributed by atoms with Gasteiger partial charge in [0, 0.05) is 26.7 Å². The van der Waals surface area contributed by atoms with Gasteiger partial charge in [-0.25, -0.2) is 0 Å². The summed E-state index contributed by atoms with van der Waals surface area (Å²) < 4.78 is 5.71. The minimum atomic E-state index is 0.368. The molecule has 0 amide bonds. The third-order valence-corrected chi connectivity index (χ3v) is 3.16. The fraction of sp³-hybridized carbons (Fsp3) is 0.615. The van der Waals surface area contributed by atoms with Gasteiger partial charge in [-0.15, -0.1) is 0 Å². The van der Waals surface area contributed by atoms with Crippen molar-refractivity contribution in [3.63, 3.8) is 0 Å². The fourth-order valence-corrected chi connectivity index (χ4v) is 2.28. The molecule has 1 aromatic heterocycles. The number of nitrogens with zero attached hydrogens (tertiary/aromatic N) is 2. The first-order chi connectivity index (χ1) is 8.33. The van der Waals surface area contributed by atoms with Crippen molar-refractivity contribution < 1.29 is 4.74 Å². The zero-order chi connectivity index (χ0) is 12.1. The van der Waals surface area contributed by atoms with Gasteiger partial charge >= 0.3 is 0 Å². The lowest BCUT2D eigenvalue weighted by atomic mass is 10.1. The standard InChI is InChI=1S/C13H21N3O/c1-3-17-13-5-4-6-16(10-13)12-7-11(14-2)8-15-9-12/h7-9,13-14H,3-6,10H2,1-2H3. The van der Waals surface area contributed by atoms with Crippen LogP contribution in [0.2, 0.25) is 0 Å². The van der Waals surface area contributed by atoms with Gasteiger partial charge in [0.25, 0.3) is 0 Å². The fourth-order valence-electron chi connectivity index (χ4n) is 2.28. The number of rotatable bonds is 4. The molecule has 2 heterocycles. The maximum absolute atomic E-state index is 5.71. The number of pyridine rings is 1. The first kappa shape index (κ1) is 12.2. The molecule has 1 N–H and O–H groups in total. The molecule has 1 aromatic rings. The smallest absolute Gasteiger partial charge is 0.0750 e. The Bertz CT molecular complexity index is 354. The van der Waals surface area contributed by atoms with E-state index in [-0.39, 0.29) is 0 Å². The summed E-state index contributed by atoms with van der Waals surface area (Å²) in [6.45, 7) is 4.93. The molecule has 0 saturated carbocycles. The van der Waals surface area contributed by atoms with Crippen LogP contribution in [0.1, 0.15) is 19.8 Å². The summed E-state index contributed by atoms with van der Waals surface area (Å²) in [6, 6.07) is 2.14. The van der Waals surface area contributed by atoms with E-state index in [1.54, 1.807) is 0 Å². The molecule has 17 heavy (non-hydrogen) atoms. The van der Waals surface area contributed by atoms with Gasteiger partial charge in [-0.1, -0.05) is 0 Å². The average Bonchev–Trinajstić information content (AvgIpc) is 2.40. The quantitative estimate of drug-likeness (QED) is 0.867. The van der Waals surface area contributed by atoms with Crippen LogP contribution < -0.4 is 10.2 Å². The SMILES string of the molecule is CCOC1CCCN(c2cncc(NC)c2)C1. The van der Waals surface area contributed by atoms with Crippen LogP contribution in [0.25, 0.3) is 0 Å². The first-order valence-electron chi connectivity index (χ1n) is 6.33. The highest BCUT2D eigenvalue weighted by Gasteiger charge is 2.20. The third-order valence-electron chi connectivity index (χ3n) is 3.16. The van der Waals surface area contributed by atoms with Crippen LogP contribution in [0, 0.1) is 0 Å². The molecule has 1 atom stereocenters. The van der Waals surface area contributed by atoms with Crippen LogP contribution >= 0.6 is 0 Å². The Morgan fingerprint density at radius 3 is 3.18 bits per heavy atom. The van der Waals surface area contributed by atoms with Crippen LogP contribution in [0.4, 0.5) is 11.4 Å². The van der Waals surface area contributed by atoms with Crippen molar-refractivity contribution in [2.75, 3.05) is 37.0 Å². The summed E-state index contributed by atoms with van der Waals surface area (Å²) in [5, 5.41) is 3.12. The largest absolute Gasteiger partial charge is 0.387 e. The second kappa shape index (κ2) is 5.87. The van der Waals surface area contributed by atoms with Crippen LogP contribution in [-0.2, 0) is 4.74 Å². The predicted molar refractivity (Wildman–Crippen MR) is 70.6 cm³/mol. The first-order valence-corrected chi connectivity index (χ1v) is 6.33. The second-order valence-corrected chi connectivity index (χ2v) is 4.35. The van der Waals surface area contributed by atoms with Gasteiger partial charge in [0.15, 0.2) is 0 Å². The van der Waals surface area contributed by atoms with Crippen LogP contribution in [-0.4, -0.2) is 37.8 Å². The highest BCUT2D eigenvalue weighted by Crippen LogP contribution is 2.22. The molecule has 1 saturated heterocycles. The lowest BCUT2D eigenvalue weighted by molar-refractivity contribution is 0.0526. The number of anilines is 2. The molecule has 2 rings (SSSR count). The molecule has 4 nitrogen and oxygen atoms in total. The Hall–Kier alpha value is -1.29. The summed E-state index contributed by atoms with van der Waals surface area (Å²) in [6.07, 6.45) is 6.49. The Kier molecular flexibility index (Phi) is 4.20. The summed E-state index contributed by atoms with van der Waals surface area (Å²) in [5.41, 5.74) is 2.24. The topological polar surface area (TPSA) is 37.4 Å². The van der Waals surface area contributed by atoms with Crippen molar-refractivity contribution in [1.82, 2.24) is 4.98 Å². The minimum Gasteiger partial charge on any atom is -0.387 e.